The van der Waals surface area contributed by atoms with Gasteiger partial charge in [0.1, 0.15) is 0 Å². The van der Waals surface area contributed by atoms with Crippen LogP contribution in [0, 0.1) is 6.92 Å². The third-order valence-corrected chi connectivity index (χ3v) is 3.61. The molecule has 2 aromatic rings. The number of aromatic nitrogens is 1. The number of nitrogens with zero attached hydrogens (tertiary/aromatic N) is 1. The highest BCUT2D eigenvalue weighted by Gasteiger charge is 2.13. The highest BCUT2D eigenvalue weighted by atomic mass is 35.5. The van der Waals surface area contributed by atoms with Crippen LogP contribution in [0.25, 0.3) is 0 Å². The summed E-state index contributed by atoms with van der Waals surface area (Å²) in [7, 11) is 0. The number of hydrogen-bond acceptors (Lipinski definition) is 5. The fourth-order valence-electron chi connectivity index (χ4n) is 1.67. The van der Waals surface area contributed by atoms with Gasteiger partial charge in [0.2, 0.25) is 0 Å². The Balaban J connectivity index is 2.26. The lowest BCUT2D eigenvalue weighted by atomic mass is 10.1. The first-order valence-corrected chi connectivity index (χ1v) is 6.77. The van der Waals surface area contributed by atoms with Crippen molar-refractivity contribution in [3.05, 3.63) is 38.8 Å². The summed E-state index contributed by atoms with van der Waals surface area (Å²) in [6, 6.07) is 3.07. The maximum absolute atomic E-state index is 11.4. The van der Waals surface area contributed by atoms with Crippen molar-refractivity contribution < 1.29 is 4.79 Å². The largest absolute Gasteiger partial charge is 0.399 e. The summed E-state index contributed by atoms with van der Waals surface area (Å²) in [4.78, 5) is 15.7. The van der Waals surface area contributed by atoms with Crippen LogP contribution in [-0.2, 0) is 6.54 Å². The molecule has 0 unspecified atom stereocenters. The van der Waals surface area contributed by atoms with Gasteiger partial charge in [0.15, 0.2) is 0 Å². The summed E-state index contributed by atoms with van der Waals surface area (Å²) < 4.78 is 0. The number of carbonyl (C=O) groups excluding carboxylic acids is 1. The molecule has 19 heavy (non-hydrogen) atoms. The van der Waals surface area contributed by atoms with Crippen LogP contribution in [0.5, 0.6) is 0 Å². The number of thiazole rings is 1. The van der Waals surface area contributed by atoms with Crippen LogP contribution in [0.4, 0.5) is 11.4 Å². The maximum atomic E-state index is 11.4. The SMILES string of the molecule is Cc1nc(CNc2c(Cl)cc(N)cc2C(N)=O)cs1. The van der Waals surface area contributed by atoms with Gasteiger partial charge in [0.25, 0.3) is 5.91 Å². The van der Waals surface area contributed by atoms with Crippen LogP contribution >= 0.6 is 22.9 Å². The number of nitrogens with one attached hydrogen (secondary N) is 1. The molecular formula is C12H13ClN4OS. The molecule has 5 N–H and O–H groups in total. The summed E-state index contributed by atoms with van der Waals surface area (Å²) in [5, 5.41) is 6.36. The van der Waals surface area contributed by atoms with Gasteiger partial charge in [-0.3, -0.25) is 4.79 Å². The number of hydrogen-bond donors (Lipinski definition) is 3. The van der Waals surface area contributed by atoms with Crippen LogP contribution in [0.15, 0.2) is 17.5 Å². The molecule has 0 aliphatic carbocycles. The second kappa shape index (κ2) is 5.46. The van der Waals surface area contributed by atoms with E-state index in [1.54, 1.807) is 17.4 Å². The zero-order chi connectivity index (χ0) is 14.0. The molecule has 1 aromatic heterocycles. The van der Waals surface area contributed by atoms with Gasteiger partial charge >= 0.3 is 0 Å². The highest BCUT2D eigenvalue weighted by Crippen LogP contribution is 2.29. The number of amides is 1. The first-order chi connectivity index (χ1) is 8.97. The van der Waals surface area contributed by atoms with Crippen molar-refractivity contribution in [1.29, 1.82) is 0 Å². The van der Waals surface area contributed by atoms with Gasteiger partial charge in [0, 0.05) is 11.1 Å². The van der Waals surface area contributed by atoms with E-state index in [1.807, 2.05) is 12.3 Å². The Hall–Kier alpha value is -1.79. The average Bonchev–Trinajstić information content (AvgIpc) is 2.73. The lowest BCUT2D eigenvalue weighted by Gasteiger charge is -2.12. The first kappa shape index (κ1) is 13.6. The third-order valence-electron chi connectivity index (χ3n) is 2.49. The van der Waals surface area contributed by atoms with Crippen LogP contribution in [0.2, 0.25) is 5.02 Å². The number of nitrogen functional groups attached to an aromatic ring is 1. The molecule has 1 aromatic carbocycles. The summed E-state index contributed by atoms with van der Waals surface area (Å²) in [5.74, 6) is -0.578. The fraction of sp³-hybridized carbons (Fsp3) is 0.167. The Kier molecular flexibility index (Phi) is 3.92. The number of benzene rings is 1. The second-order valence-electron chi connectivity index (χ2n) is 4.00. The van der Waals surface area contributed by atoms with E-state index in [1.165, 1.54) is 6.07 Å². The van der Waals surface area contributed by atoms with Gasteiger partial charge < -0.3 is 16.8 Å². The summed E-state index contributed by atoms with van der Waals surface area (Å²) in [6.45, 7) is 2.40. The predicted molar refractivity (Wildman–Crippen MR) is 78.6 cm³/mol. The number of carbonyl (C=O) groups is 1. The number of anilines is 2. The molecule has 5 nitrogen and oxygen atoms in total. The molecule has 0 atom stereocenters. The molecule has 0 saturated heterocycles. The van der Waals surface area contributed by atoms with Crippen molar-refractivity contribution in [3.63, 3.8) is 0 Å². The molecule has 0 fully saturated rings. The minimum absolute atomic E-state index is 0.275. The molecule has 0 radical (unpaired) electrons. The second-order valence-corrected chi connectivity index (χ2v) is 5.47. The summed E-state index contributed by atoms with van der Waals surface area (Å²) >= 11 is 7.64. The van der Waals surface area contributed by atoms with Gasteiger partial charge in [-0.25, -0.2) is 4.98 Å². The van der Waals surface area contributed by atoms with E-state index in [-0.39, 0.29) is 5.56 Å². The zero-order valence-electron chi connectivity index (χ0n) is 10.2. The van der Waals surface area contributed by atoms with Crippen molar-refractivity contribution >= 4 is 40.2 Å². The Morgan fingerprint density at radius 3 is 2.84 bits per heavy atom. The van der Waals surface area contributed by atoms with Crippen LogP contribution in [0.1, 0.15) is 21.1 Å². The standard InChI is InChI=1S/C12H13ClN4OS/c1-6-17-8(5-19-6)4-16-11-9(12(15)18)2-7(14)3-10(11)13/h2-3,5,16H,4,14H2,1H3,(H2,15,18). The number of primary amides is 1. The van der Waals surface area contributed by atoms with Gasteiger partial charge in [0.05, 0.1) is 33.5 Å². The van der Waals surface area contributed by atoms with E-state index in [4.69, 9.17) is 23.1 Å². The molecule has 7 heteroatoms. The molecule has 0 aliphatic rings. The van der Waals surface area contributed by atoms with E-state index in [2.05, 4.69) is 10.3 Å². The molecule has 2 rings (SSSR count). The lowest BCUT2D eigenvalue weighted by molar-refractivity contribution is 0.100. The fourth-order valence-corrected chi connectivity index (χ4v) is 2.58. The average molecular weight is 297 g/mol. The van der Waals surface area contributed by atoms with Crippen LogP contribution in [0.3, 0.4) is 0 Å². The first-order valence-electron chi connectivity index (χ1n) is 5.51. The summed E-state index contributed by atoms with van der Waals surface area (Å²) in [5.41, 5.74) is 13.0. The molecule has 1 amide bonds. The summed E-state index contributed by atoms with van der Waals surface area (Å²) in [6.07, 6.45) is 0. The minimum atomic E-state index is -0.578. The van der Waals surface area contributed by atoms with Crippen molar-refractivity contribution in [3.8, 4) is 0 Å². The van der Waals surface area contributed by atoms with E-state index in [9.17, 15) is 4.79 Å². The Morgan fingerprint density at radius 1 is 1.53 bits per heavy atom. The van der Waals surface area contributed by atoms with Crippen molar-refractivity contribution in [1.82, 2.24) is 4.98 Å². The number of nitrogens with two attached hydrogens (primary N) is 2. The van der Waals surface area contributed by atoms with Gasteiger partial charge in [-0.05, 0) is 19.1 Å². The number of halogens is 1. The quantitative estimate of drug-likeness (QED) is 0.755. The molecule has 100 valence electrons. The van der Waals surface area contributed by atoms with Crippen molar-refractivity contribution in [2.24, 2.45) is 5.73 Å². The zero-order valence-corrected chi connectivity index (χ0v) is 11.8. The van der Waals surface area contributed by atoms with E-state index in [0.29, 0.717) is 22.9 Å². The number of aryl methyl sites for hydroxylation is 1. The van der Waals surface area contributed by atoms with Crippen LogP contribution in [-0.4, -0.2) is 10.9 Å². The molecule has 0 aliphatic heterocycles. The molecule has 0 spiro atoms. The molecule has 0 bridgehead atoms. The molecular weight excluding hydrogens is 284 g/mol. The van der Waals surface area contributed by atoms with Gasteiger partial charge in [-0.15, -0.1) is 11.3 Å². The van der Waals surface area contributed by atoms with Crippen LogP contribution < -0.4 is 16.8 Å². The van der Waals surface area contributed by atoms with E-state index >= 15 is 0 Å². The highest BCUT2D eigenvalue weighted by molar-refractivity contribution is 7.09. The molecule has 0 saturated carbocycles. The minimum Gasteiger partial charge on any atom is -0.399 e. The maximum Gasteiger partial charge on any atom is 0.250 e. The monoisotopic (exact) mass is 296 g/mol. The van der Waals surface area contributed by atoms with Crippen molar-refractivity contribution in [2.45, 2.75) is 13.5 Å². The Bertz CT molecular complexity index is 626. The van der Waals surface area contributed by atoms with Crippen molar-refractivity contribution in [2.75, 3.05) is 11.1 Å². The smallest absolute Gasteiger partial charge is 0.250 e. The topological polar surface area (TPSA) is 94.0 Å². The molecule has 1 heterocycles. The van der Waals surface area contributed by atoms with Gasteiger partial charge in [-0.1, -0.05) is 11.6 Å². The number of rotatable bonds is 4. The predicted octanol–water partition coefficient (Wildman–Crippen LogP) is 2.40. The Morgan fingerprint density at radius 2 is 2.26 bits per heavy atom. The van der Waals surface area contributed by atoms with E-state index < -0.39 is 5.91 Å². The lowest BCUT2D eigenvalue weighted by Crippen LogP contribution is -2.15. The Labute approximate surface area is 119 Å². The third kappa shape index (κ3) is 3.15. The normalized spacial score (nSPS) is 10.4. The van der Waals surface area contributed by atoms with E-state index in [0.717, 1.165) is 10.7 Å². The van der Waals surface area contributed by atoms with Gasteiger partial charge in [-0.2, -0.15) is 0 Å².